The minimum atomic E-state index is -0.0879. The fourth-order valence-electron chi connectivity index (χ4n) is 2.13. The first-order valence-electron chi connectivity index (χ1n) is 7.13. The monoisotopic (exact) mass is 324 g/mol. The van der Waals surface area contributed by atoms with Gasteiger partial charge in [-0.3, -0.25) is 4.79 Å². The van der Waals surface area contributed by atoms with Crippen LogP contribution in [0.3, 0.4) is 0 Å². The van der Waals surface area contributed by atoms with E-state index in [1.54, 1.807) is 28.8 Å². The van der Waals surface area contributed by atoms with Crippen molar-refractivity contribution in [2.75, 3.05) is 6.26 Å². The van der Waals surface area contributed by atoms with Crippen LogP contribution in [0.4, 0.5) is 0 Å². The van der Waals surface area contributed by atoms with Crippen LogP contribution in [-0.2, 0) is 6.54 Å². The average molecular weight is 324 g/mol. The van der Waals surface area contributed by atoms with Gasteiger partial charge in [0.2, 0.25) is 0 Å². The topological polar surface area (TPSA) is 59.8 Å². The first-order valence-corrected chi connectivity index (χ1v) is 8.36. The summed E-state index contributed by atoms with van der Waals surface area (Å²) in [5.41, 5.74) is 1.63. The maximum atomic E-state index is 12.2. The molecule has 3 rings (SSSR count). The van der Waals surface area contributed by atoms with Crippen molar-refractivity contribution in [2.24, 2.45) is 0 Å². The van der Waals surface area contributed by atoms with Crippen molar-refractivity contribution in [1.82, 2.24) is 20.1 Å². The molecule has 0 saturated heterocycles. The van der Waals surface area contributed by atoms with Crippen LogP contribution in [0.15, 0.2) is 66.0 Å². The molecular formula is C17H16N4OS. The largest absolute Gasteiger partial charge is 0.348 e. The fourth-order valence-corrected chi connectivity index (χ4v) is 2.54. The zero-order valence-corrected chi connectivity index (χ0v) is 13.5. The van der Waals surface area contributed by atoms with Crippen molar-refractivity contribution in [3.63, 3.8) is 0 Å². The second kappa shape index (κ2) is 7.11. The lowest BCUT2D eigenvalue weighted by molar-refractivity contribution is 0.0951. The highest BCUT2D eigenvalue weighted by Crippen LogP contribution is 2.15. The van der Waals surface area contributed by atoms with Crippen LogP contribution in [0.25, 0.3) is 5.82 Å². The van der Waals surface area contributed by atoms with Gasteiger partial charge in [-0.2, -0.15) is 5.10 Å². The van der Waals surface area contributed by atoms with Crippen molar-refractivity contribution < 1.29 is 4.79 Å². The Morgan fingerprint density at radius 3 is 2.74 bits per heavy atom. The Kier molecular flexibility index (Phi) is 4.73. The van der Waals surface area contributed by atoms with Crippen LogP contribution in [0.1, 0.15) is 15.9 Å². The second-order valence-electron chi connectivity index (χ2n) is 4.88. The summed E-state index contributed by atoms with van der Waals surface area (Å²) in [7, 11) is 0. The molecule has 1 aromatic carbocycles. The summed E-state index contributed by atoms with van der Waals surface area (Å²) >= 11 is 1.65. The van der Waals surface area contributed by atoms with Crippen LogP contribution in [-0.4, -0.2) is 26.9 Å². The summed E-state index contributed by atoms with van der Waals surface area (Å²) < 4.78 is 1.69. The van der Waals surface area contributed by atoms with E-state index in [0.29, 0.717) is 12.1 Å². The van der Waals surface area contributed by atoms with Crippen molar-refractivity contribution >= 4 is 17.7 Å². The molecule has 5 nitrogen and oxygen atoms in total. The van der Waals surface area contributed by atoms with Gasteiger partial charge >= 0.3 is 0 Å². The maximum absolute atomic E-state index is 12.2. The van der Waals surface area contributed by atoms with E-state index in [9.17, 15) is 4.79 Å². The highest BCUT2D eigenvalue weighted by Gasteiger charge is 2.06. The Balaban J connectivity index is 1.65. The smallest absolute Gasteiger partial charge is 0.251 e. The van der Waals surface area contributed by atoms with E-state index in [0.717, 1.165) is 16.3 Å². The lowest BCUT2D eigenvalue weighted by Crippen LogP contribution is -2.22. The molecule has 0 radical (unpaired) electrons. The number of carbonyl (C=O) groups is 1. The van der Waals surface area contributed by atoms with Gasteiger partial charge in [-0.25, -0.2) is 9.67 Å². The second-order valence-corrected chi connectivity index (χ2v) is 5.76. The van der Waals surface area contributed by atoms with E-state index in [1.807, 2.05) is 54.9 Å². The van der Waals surface area contributed by atoms with Gasteiger partial charge in [0, 0.05) is 35.6 Å². The molecule has 23 heavy (non-hydrogen) atoms. The van der Waals surface area contributed by atoms with Gasteiger partial charge in [0.15, 0.2) is 5.82 Å². The molecular weight excluding hydrogens is 308 g/mol. The van der Waals surface area contributed by atoms with Gasteiger partial charge in [-0.15, -0.1) is 11.8 Å². The van der Waals surface area contributed by atoms with Crippen LogP contribution in [0.2, 0.25) is 0 Å². The summed E-state index contributed by atoms with van der Waals surface area (Å²) in [5.74, 6) is 0.640. The molecule has 3 aromatic rings. The first-order chi connectivity index (χ1) is 11.3. The van der Waals surface area contributed by atoms with E-state index in [-0.39, 0.29) is 5.91 Å². The third-order valence-electron chi connectivity index (χ3n) is 3.35. The Morgan fingerprint density at radius 2 is 2.04 bits per heavy atom. The fraction of sp³-hybridized carbons (Fsp3) is 0.118. The van der Waals surface area contributed by atoms with E-state index in [2.05, 4.69) is 15.4 Å². The third kappa shape index (κ3) is 3.78. The number of amides is 1. The van der Waals surface area contributed by atoms with Crippen LogP contribution < -0.4 is 5.32 Å². The van der Waals surface area contributed by atoms with Crippen LogP contribution >= 0.6 is 11.8 Å². The predicted octanol–water partition coefficient (Wildman–Crippen LogP) is 2.92. The molecule has 116 valence electrons. The number of nitrogens with one attached hydrogen (secondary N) is 1. The van der Waals surface area contributed by atoms with Gasteiger partial charge in [0.25, 0.3) is 5.91 Å². The molecule has 0 fully saturated rings. The van der Waals surface area contributed by atoms with Crippen LogP contribution in [0.5, 0.6) is 0 Å². The third-order valence-corrected chi connectivity index (χ3v) is 4.10. The molecule has 0 aliphatic carbocycles. The number of hydrogen-bond donors (Lipinski definition) is 1. The van der Waals surface area contributed by atoms with Gasteiger partial charge < -0.3 is 5.32 Å². The summed E-state index contributed by atoms with van der Waals surface area (Å²) in [6.45, 7) is 0.444. The molecule has 0 aliphatic heterocycles. The van der Waals surface area contributed by atoms with E-state index in [1.165, 1.54) is 0 Å². The lowest BCUT2D eigenvalue weighted by atomic mass is 10.2. The molecule has 6 heteroatoms. The summed E-state index contributed by atoms with van der Waals surface area (Å²) in [6, 6.07) is 13.2. The number of benzene rings is 1. The molecule has 1 N–H and O–H groups in total. The van der Waals surface area contributed by atoms with E-state index in [4.69, 9.17) is 0 Å². The van der Waals surface area contributed by atoms with Gasteiger partial charge in [0.1, 0.15) is 0 Å². The highest BCUT2D eigenvalue weighted by molar-refractivity contribution is 7.98. The summed E-state index contributed by atoms with van der Waals surface area (Å²) in [5, 5.41) is 7.07. The maximum Gasteiger partial charge on any atom is 0.251 e. The SMILES string of the molecule is CSc1ccc(C(=O)NCc2ccnc(-n3cccn3)c2)cc1. The highest BCUT2D eigenvalue weighted by atomic mass is 32.2. The molecule has 0 atom stereocenters. The first kappa shape index (κ1) is 15.3. The number of nitrogens with zero attached hydrogens (tertiary/aromatic N) is 3. The van der Waals surface area contributed by atoms with Crippen molar-refractivity contribution in [3.05, 3.63) is 72.2 Å². The standard InChI is InChI=1S/C17H16N4OS/c1-23-15-5-3-14(4-6-15)17(22)19-12-13-7-9-18-16(11-13)21-10-2-8-20-21/h2-11H,12H2,1H3,(H,19,22). The number of thioether (sulfide) groups is 1. The molecule has 2 heterocycles. The number of hydrogen-bond acceptors (Lipinski definition) is 4. The van der Waals surface area contributed by atoms with E-state index < -0.39 is 0 Å². The minimum Gasteiger partial charge on any atom is -0.348 e. The summed E-state index contributed by atoms with van der Waals surface area (Å²) in [6.07, 6.45) is 7.26. The molecule has 0 saturated carbocycles. The Morgan fingerprint density at radius 1 is 1.22 bits per heavy atom. The van der Waals surface area contributed by atoms with Crippen molar-refractivity contribution in [1.29, 1.82) is 0 Å². The molecule has 2 aromatic heterocycles. The van der Waals surface area contributed by atoms with E-state index >= 15 is 0 Å². The number of carbonyl (C=O) groups excluding carboxylic acids is 1. The predicted molar refractivity (Wildman–Crippen MR) is 90.8 cm³/mol. The zero-order valence-electron chi connectivity index (χ0n) is 12.6. The zero-order chi connectivity index (χ0) is 16.1. The molecule has 0 aliphatic rings. The lowest BCUT2D eigenvalue weighted by Gasteiger charge is -2.07. The number of aromatic nitrogens is 3. The number of rotatable bonds is 5. The molecule has 0 bridgehead atoms. The van der Waals surface area contributed by atoms with Gasteiger partial charge in [-0.1, -0.05) is 0 Å². The molecule has 0 spiro atoms. The van der Waals surface area contributed by atoms with Gasteiger partial charge in [0.05, 0.1) is 0 Å². The Labute approximate surface area is 138 Å². The summed E-state index contributed by atoms with van der Waals surface area (Å²) in [4.78, 5) is 17.6. The Bertz CT molecular complexity index is 785. The number of pyridine rings is 1. The normalized spacial score (nSPS) is 10.5. The molecule has 0 unspecified atom stereocenters. The van der Waals surface area contributed by atoms with Crippen molar-refractivity contribution in [2.45, 2.75) is 11.4 Å². The quantitative estimate of drug-likeness (QED) is 0.733. The van der Waals surface area contributed by atoms with Gasteiger partial charge in [-0.05, 0) is 54.3 Å². The van der Waals surface area contributed by atoms with Crippen molar-refractivity contribution in [3.8, 4) is 5.82 Å². The average Bonchev–Trinajstić information content (AvgIpc) is 3.15. The van der Waals surface area contributed by atoms with Crippen LogP contribution in [0, 0.1) is 0 Å². The minimum absolute atomic E-state index is 0.0879. The Hall–Kier alpha value is -2.60. The molecule has 1 amide bonds.